The third-order valence-electron chi connectivity index (χ3n) is 3.95. The van der Waals surface area contributed by atoms with E-state index in [-0.39, 0.29) is 17.9 Å². The number of carbonyl (C=O) groups is 2. The van der Waals surface area contributed by atoms with Crippen molar-refractivity contribution in [1.82, 2.24) is 10.2 Å². The maximum Gasteiger partial charge on any atom is 0.251 e. The highest BCUT2D eigenvalue weighted by molar-refractivity contribution is 9.10. The maximum absolute atomic E-state index is 12.2. The van der Waals surface area contributed by atoms with Gasteiger partial charge in [0.15, 0.2) is 0 Å². The Morgan fingerprint density at radius 1 is 1.27 bits per heavy atom. The van der Waals surface area contributed by atoms with Crippen molar-refractivity contribution in [3.63, 3.8) is 0 Å². The summed E-state index contributed by atoms with van der Waals surface area (Å²) >= 11 is 3.33. The molecule has 1 atom stereocenters. The van der Waals surface area contributed by atoms with E-state index in [1.807, 2.05) is 17.0 Å². The highest BCUT2D eigenvalue weighted by Crippen LogP contribution is 2.17. The predicted molar refractivity (Wildman–Crippen MR) is 89.5 cm³/mol. The van der Waals surface area contributed by atoms with Crippen molar-refractivity contribution in [2.24, 2.45) is 5.73 Å². The van der Waals surface area contributed by atoms with Gasteiger partial charge in [0.05, 0.1) is 0 Å². The van der Waals surface area contributed by atoms with E-state index in [9.17, 15) is 9.59 Å². The summed E-state index contributed by atoms with van der Waals surface area (Å²) in [7, 11) is 0. The minimum Gasteiger partial charge on any atom is -0.352 e. The van der Waals surface area contributed by atoms with Crippen molar-refractivity contribution in [2.45, 2.75) is 31.7 Å². The molecule has 1 fully saturated rings. The smallest absolute Gasteiger partial charge is 0.251 e. The van der Waals surface area contributed by atoms with E-state index < -0.39 is 0 Å². The number of piperidine rings is 1. The number of benzene rings is 1. The minimum absolute atomic E-state index is 0.0752. The Bertz CT molecular complexity index is 519. The first-order valence-corrected chi connectivity index (χ1v) is 8.44. The number of halogens is 1. The number of hydrogen-bond donors (Lipinski definition) is 2. The quantitative estimate of drug-likeness (QED) is 0.834. The van der Waals surface area contributed by atoms with Crippen LogP contribution in [0.2, 0.25) is 0 Å². The summed E-state index contributed by atoms with van der Waals surface area (Å²) in [5, 5.41) is 2.79. The first-order chi connectivity index (χ1) is 10.6. The minimum atomic E-state index is -0.158. The monoisotopic (exact) mass is 367 g/mol. The maximum atomic E-state index is 12.2. The molecule has 1 aliphatic rings. The lowest BCUT2D eigenvalue weighted by atomic mass is 10.0. The number of nitrogens with two attached hydrogens (primary N) is 1. The number of carbonyl (C=O) groups excluding carboxylic acids is 2. The van der Waals surface area contributed by atoms with Crippen LogP contribution in [-0.4, -0.2) is 42.4 Å². The number of hydrogen-bond acceptors (Lipinski definition) is 3. The molecule has 120 valence electrons. The van der Waals surface area contributed by atoms with Crippen molar-refractivity contribution >= 4 is 27.7 Å². The fourth-order valence-electron chi connectivity index (χ4n) is 2.70. The first kappa shape index (κ1) is 17.0. The van der Waals surface area contributed by atoms with Gasteiger partial charge in [-0.1, -0.05) is 15.9 Å². The zero-order valence-electron chi connectivity index (χ0n) is 12.6. The van der Waals surface area contributed by atoms with Crippen molar-refractivity contribution in [2.75, 3.05) is 19.6 Å². The van der Waals surface area contributed by atoms with E-state index in [4.69, 9.17) is 5.73 Å². The largest absolute Gasteiger partial charge is 0.352 e. The molecule has 2 amide bonds. The zero-order valence-corrected chi connectivity index (χ0v) is 14.1. The van der Waals surface area contributed by atoms with E-state index in [2.05, 4.69) is 21.2 Å². The van der Waals surface area contributed by atoms with Gasteiger partial charge in [-0.2, -0.15) is 0 Å². The first-order valence-electron chi connectivity index (χ1n) is 7.65. The molecule has 22 heavy (non-hydrogen) atoms. The molecule has 6 heteroatoms. The number of amides is 2. The van der Waals surface area contributed by atoms with Crippen LogP contribution in [0.4, 0.5) is 0 Å². The molecule has 0 aliphatic carbocycles. The average molecular weight is 368 g/mol. The van der Waals surface area contributed by atoms with E-state index in [1.54, 1.807) is 12.1 Å². The number of rotatable bonds is 5. The van der Waals surface area contributed by atoms with Gasteiger partial charge >= 0.3 is 0 Å². The fraction of sp³-hybridized carbons (Fsp3) is 0.500. The summed E-state index contributed by atoms with van der Waals surface area (Å²) in [6.07, 6.45) is 3.46. The Morgan fingerprint density at radius 2 is 2.00 bits per heavy atom. The van der Waals surface area contributed by atoms with Gasteiger partial charge in [-0.05, 0) is 43.5 Å². The lowest BCUT2D eigenvalue weighted by Crippen LogP contribution is -2.48. The SMILES string of the molecule is NCC1CCCCN1C(=O)CCNC(=O)c1ccc(Br)cc1. The molecule has 5 nitrogen and oxygen atoms in total. The standard InChI is InChI=1S/C16H22BrN3O2/c17-13-6-4-12(5-7-13)16(22)19-9-8-15(21)20-10-2-1-3-14(20)11-18/h4-7,14H,1-3,8-11,18H2,(H,19,22). The average Bonchev–Trinajstić information content (AvgIpc) is 2.55. The second-order valence-corrected chi connectivity index (χ2v) is 6.40. The molecule has 1 heterocycles. The van der Waals surface area contributed by atoms with Crippen LogP contribution in [0, 0.1) is 0 Å². The van der Waals surface area contributed by atoms with Crippen molar-refractivity contribution in [3.8, 4) is 0 Å². The van der Waals surface area contributed by atoms with Crippen LogP contribution in [0.3, 0.4) is 0 Å². The molecule has 0 radical (unpaired) electrons. The van der Waals surface area contributed by atoms with Crippen molar-refractivity contribution in [3.05, 3.63) is 34.3 Å². The molecule has 1 aromatic rings. The molecule has 0 spiro atoms. The summed E-state index contributed by atoms with van der Waals surface area (Å²) in [5.41, 5.74) is 6.32. The van der Waals surface area contributed by atoms with Crippen LogP contribution in [0.5, 0.6) is 0 Å². The Balaban J connectivity index is 1.78. The fourth-order valence-corrected chi connectivity index (χ4v) is 2.97. The van der Waals surface area contributed by atoms with E-state index >= 15 is 0 Å². The summed E-state index contributed by atoms with van der Waals surface area (Å²) in [6.45, 7) is 1.64. The van der Waals surface area contributed by atoms with Gasteiger partial charge in [0.1, 0.15) is 0 Å². The molecule has 1 aromatic carbocycles. The zero-order chi connectivity index (χ0) is 15.9. The van der Waals surface area contributed by atoms with Crippen LogP contribution in [0.25, 0.3) is 0 Å². The molecule has 2 rings (SSSR count). The molecule has 3 N–H and O–H groups in total. The normalized spacial score (nSPS) is 18.1. The predicted octanol–water partition coefficient (Wildman–Crippen LogP) is 1.91. The van der Waals surface area contributed by atoms with E-state index in [1.165, 1.54) is 0 Å². The number of nitrogens with zero attached hydrogens (tertiary/aromatic N) is 1. The Labute approximate surface area is 139 Å². The van der Waals surface area contributed by atoms with Crippen LogP contribution in [0.1, 0.15) is 36.0 Å². The topological polar surface area (TPSA) is 75.4 Å². The summed E-state index contributed by atoms with van der Waals surface area (Å²) in [4.78, 5) is 26.1. The van der Waals surface area contributed by atoms with Crippen molar-refractivity contribution in [1.29, 1.82) is 0 Å². The van der Waals surface area contributed by atoms with Gasteiger partial charge in [0.2, 0.25) is 5.91 Å². The second kappa shape index (κ2) is 8.29. The second-order valence-electron chi connectivity index (χ2n) is 5.49. The number of likely N-dealkylation sites (tertiary alicyclic amines) is 1. The van der Waals surface area contributed by atoms with Gasteiger partial charge in [-0.15, -0.1) is 0 Å². The Hall–Kier alpha value is -1.40. The van der Waals surface area contributed by atoms with Crippen LogP contribution in [0.15, 0.2) is 28.7 Å². The molecule has 0 saturated carbocycles. The molecular formula is C16H22BrN3O2. The summed E-state index contributed by atoms with van der Waals surface area (Å²) < 4.78 is 0.928. The Kier molecular flexibility index (Phi) is 6.39. The third-order valence-corrected chi connectivity index (χ3v) is 4.48. The van der Waals surface area contributed by atoms with Gasteiger partial charge in [-0.3, -0.25) is 9.59 Å². The third kappa shape index (κ3) is 4.55. The lowest BCUT2D eigenvalue weighted by Gasteiger charge is -2.35. The summed E-state index contributed by atoms with van der Waals surface area (Å²) in [5.74, 6) is -0.0828. The van der Waals surface area contributed by atoms with Gasteiger partial charge < -0.3 is 16.0 Å². The van der Waals surface area contributed by atoms with Gasteiger partial charge in [-0.25, -0.2) is 0 Å². The highest BCUT2D eigenvalue weighted by atomic mass is 79.9. The van der Waals surface area contributed by atoms with E-state index in [0.717, 1.165) is 30.3 Å². The molecule has 1 unspecified atom stereocenters. The van der Waals surface area contributed by atoms with Gasteiger partial charge in [0, 0.05) is 42.1 Å². The summed E-state index contributed by atoms with van der Waals surface area (Å²) in [6, 6.07) is 7.29. The van der Waals surface area contributed by atoms with Crippen molar-refractivity contribution < 1.29 is 9.59 Å². The van der Waals surface area contributed by atoms with Crippen LogP contribution < -0.4 is 11.1 Å². The lowest BCUT2D eigenvalue weighted by molar-refractivity contribution is -0.134. The number of nitrogens with one attached hydrogen (secondary N) is 1. The van der Waals surface area contributed by atoms with Crippen LogP contribution in [-0.2, 0) is 4.79 Å². The molecule has 1 aliphatic heterocycles. The molecule has 0 aromatic heterocycles. The molecular weight excluding hydrogens is 346 g/mol. The Morgan fingerprint density at radius 3 is 2.68 bits per heavy atom. The molecule has 0 bridgehead atoms. The highest BCUT2D eigenvalue weighted by Gasteiger charge is 2.25. The molecule has 1 saturated heterocycles. The van der Waals surface area contributed by atoms with E-state index in [0.29, 0.717) is 25.1 Å². The van der Waals surface area contributed by atoms with Gasteiger partial charge in [0.25, 0.3) is 5.91 Å². The van der Waals surface area contributed by atoms with Crippen LogP contribution >= 0.6 is 15.9 Å².